The third kappa shape index (κ3) is 2.67. The average Bonchev–Trinajstić information content (AvgIpc) is 2.31. The fourth-order valence-electron chi connectivity index (χ4n) is 2.48. The van der Waals surface area contributed by atoms with Crippen LogP contribution in [-0.4, -0.2) is 13.1 Å². The summed E-state index contributed by atoms with van der Waals surface area (Å²) in [4.78, 5) is 0. The van der Waals surface area contributed by atoms with E-state index in [9.17, 15) is 0 Å². The Morgan fingerprint density at radius 1 is 1.25 bits per heavy atom. The molecule has 16 heavy (non-hydrogen) atoms. The lowest BCUT2D eigenvalue weighted by Gasteiger charge is -2.23. The second-order valence-electron chi connectivity index (χ2n) is 4.88. The van der Waals surface area contributed by atoms with E-state index < -0.39 is 0 Å². The van der Waals surface area contributed by atoms with Crippen molar-refractivity contribution in [3.63, 3.8) is 0 Å². The summed E-state index contributed by atoms with van der Waals surface area (Å²) in [6.45, 7) is 6.77. The highest BCUT2D eigenvalue weighted by Crippen LogP contribution is 2.27. The van der Waals surface area contributed by atoms with Crippen molar-refractivity contribution in [3.05, 3.63) is 33.3 Å². The number of halogens is 1. The van der Waals surface area contributed by atoms with Crippen LogP contribution in [0.1, 0.15) is 29.5 Å². The summed E-state index contributed by atoms with van der Waals surface area (Å²) in [6.07, 6.45) is 3.89. The van der Waals surface area contributed by atoms with Gasteiger partial charge in [0.1, 0.15) is 0 Å². The lowest BCUT2D eigenvalue weighted by atomic mass is 9.89. The minimum Gasteiger partial charge on any atom is -0.317 e. The molecule has 88 valence electrons. The molecule has 2 rings (SSSR count). The summed E-state index contributed by atoms with van der Waals surface area (Å²) < 4.78 is 1.29. The smallest absolute Gasteiger partial charge is 0.0236 e. The van der Waals surface area contributed by atoms with Gasteiger partial charge in [0.2, 0.25) is 0 Å². The van der Waals surface area contributed by atoms with Crippen molar-refractivity contribution in [2.45, 2.75) is 33.1 Å². The first-order chi connectivity index (χ1) is 7.68. The first-order valence-electron chi connectivity index (χ1n) is 6.14. The molecule has 0 atom stereocenters. The van der Waals surface area contributed by atoms with E-state index in [1.165, 1.54) is 53.5 Å². The van der Waals surface area contributed by atoms with E-state index >= 15 is 0 Å². The third-order valence-electron chi connectivity index (χ3n) is 3.66. The SMILES string of the molecule is Cc1ccc(CC2CCNCC2)c(C)c1Br. The maximum Gasteiger partial charge on any atom is 0.0236 e. The standard InChI is InChI=1S/C14H20BrN/c1-10-3-4-13(11(2)14(10)15)9-12-5-7-16-8-6-12/h3-4,12,16H,5-9H2,1-2H3. The van der Waals surface area contributed by atoms with Gasteiger partial charge in [-0.3, -0.25) is 0 Å². The lowest BCUT2D eigenvalue weighted by molar-refractivity contribution is 0.372. The molecule has 0 spiro atoms. The summed E-state index contributed by atoms with van der Waals surface area (Å²) in [5.41, 5.74) is 4.29. The predicted octanol–water partition coefficient (Wildman–Crippen LogP) is 3.61. The van der Waals surface area contributed by atoms with Crippen molar-refractivity contribution in [1.82, 2.24) is 5.32 Å². The molecule has 1 N–H and O–H groups in total. The molecule has 1 aromatic rings. The fraction of sp³-hybridized carbons (Fsp3) is 0.571. The maximum atomic E-state index is 3.68. The van der Waals surface area contributed by atoms with E-state index in [0.29, 0.717) is 0 Å². The van der Waals surface area contributed by atoms with Crippen LogP contribution in [0.4, 0.5) is 0 Å². The highest BCUT2D eigenvalue weighted by Gasteiger charge is 2.15. The molecular formula is C14H20BrN. The molecule has 0 amide bonds. The van der Waals surface area contributed by atoms with E-state index in [0.717, 1.165) is 5.92 Å². The molecule has 1 heterocycles. The van der Waals surface area contributed by atoms with Crippen LogP contribution in [0.15, 0.2) is 16.6 Å². The maximum absolute atomic E-state index is 3.68. The van der Waals surface area contributed by atoms with Gasteiger partial charge in [-0.2, -0.15) is 0 Å². The zero-order valence-electron chi connectivity index (χ0n) is 10.1. The minimum absolute atomic E-state index is 0.870. The largest absolute Gasteiger partial charge is 0.317 e. The van der Waals surface area contributed by atoms with E-state index in [2.05, 4.69) is 47.2 Å². The molecular weight excluding hydrogens is 262 g/mol. The zero-order valence-corrected chi connectivity index (χ0v) is 11.7. The molecule has 0 aromatic heterocycles. The van der Waals surface area contributed by atoms with Gasteiger partial charge >= 0.3 is 0 Å². The number of benzene rings is 1. The van der Waals surface area contributed by atoms with Crippen LogP contribution in [0.3, 0.4) is 0 Å². The van der Waals surface area contributed by atoms with Crippen molar-refractivity contribution in [2.75, 3.05) is 13.1 Å². The Morgan fingerprint density at radius 3 is 2.62 bits per heavy atom. The topological polar surface area (TPSA) is 12.0 Å². The van der Waals surface area contributed by atoms with Crippen LogP contribution < -0.4 is 5.32 Å². The zero-order chi connectivity index (χ0) is 11.5. The number of piperidine rings is 1. The monoisotopic (exact) mass is 281 g/mol. The third-order valence-corrected chi connectivity index (χ3v) is 4.88. The van der Waals surface area contributed by atoms with Gasteiger partial charge in [-0.15, -0.1) is 0 Å². The fourth-order valence-corrected chi connectivity index (χ4v) is 2.87. The van der Waals surface area contributed by atoms with E-state index in [1.807, 2.05) is 0 Å². The molecule has 1 aromatic carbocycles. The quantitative estimate of drug-likeness (QED) is 0.873. The van der Waals surface area contributed by atoms with Crippen LogP contribution in [-0.2, 0) is 6.42 Å². The summed E-state index contributed by atoms with van der Waals surface area (Å²) in [6, 6.07) is 4.53. The Balaban J connectivity index is 2.11. The second kappa shape index (κ2) is 5.33. The molecule has 0 saturated carbocycles. The van der Waals surface area contributed by atoms with Crippen LogP contribution >= 0.6 is 15.9 Å². The summed E-state index contributed by atoms with van der Waals surface area (Å²) >= 11 is 3.68. The van der Waals surface area contributed by atoms with E-state index in [1.54, 1.807) is 0 Å². The van der Waals surface area contributed by atoms with Gasteiger partial charge in [-0.1, -0.05) is 28.1 Å². The van der Waals surface area contributed by atoms with Gasteiger partial charge in [0, 0.05) is 4.47 Å². The van der Waals surface area contributed by atoms with Crippen LogP contribution in [0, 0.1) is 19.8 Å². The predicted molar refractivity (Wildman–Crippen MR) is 72.9 cm³/mol. The van der Waals surface area contributed by atoms with Gasteiger partial charge in [0.05, 0.1) is 0 Å². The first kappa shape index (κ1) is 12.1. The molecule has 0 bridgehead atoms. The molecule has 2 heteroatoms. The number of nitrogens with one attached hydrogen (secondary N) is 1. The molecule has 0 radical (unpaired) electrons. The Morgan fingerprint density at radius 2 is 1.94 bits per heavy atom. The van der Waals surface area contributed by atoms with Crippen LogP contribution in [0.5, 0.6) is 0 Å². The van der Waals surface area contributed by atoms with Gasteiger partial charge in [0.15, 0.2) is 0 Å². The number of aryl methyl sites for hydroxylation is 1. The van der Waals surface area contributed by atoms with Crippen molar-refractivity contribution in [1.29, 1.82) is 0 Å². The van der Waals surface area contributed by atoms with Gasteiger partial charge < -0.3 is 5.32 Å². The van der Waals surface area contributed by atoms with Crippen LogP contribution in [0.2, 0.25) is 0 Å². The van der Waals surface area contributed by atoms with Gasteiger partial charge in [-0.25, -0.2) is 0 Å². The average molecular weight is 282 g/mol. The Labute approximate surface area is 107 Å². The normalized spacial score (nSPS) is 17.7. The summed E-state index contributed by atoms with van der Waals surface area (Å²) in [5, 5.41) is 3.43. The van der Waals surface area contributed by atoms with Crippen molar-refractivity contribution in [3.8, 4) is 0 Å². The highest BCUT2D eigenvalue weighted by atomic mass is 79.9. The first-order valence-corrected chi connectivity index (χ1v) is 6.93. The number of hydrogen-bond donors (Lipinski definition) is 1. The van der Waals surface area contributed by atoms with Gasteiger partial charge in [-0.05, 0) is 68.8 Å². The Bertz CT molecular complexity index is 367. The van der Waals surface area contributed by atoms with Crippen LogP contribution in [0.25, 0.3) is 0 Å². The molecule has 1 aliphatic heterocycles. The lowest BCUT2D eigenvalue weighted by Crippen LogP contribution is -2.28. The number of rotatable bonds is 2. The molecule has 0 aliphatic carbocycles. The molecule has 1 saturated heterocycles. The number of hydrogen-bond acceptors (Lipinski definition) is 1. The molecule has 0 unspecified atom stereocenters. The Hall–Kier alpha value is -0.340. The van der Waals surface area contributed by atoms with E-state index in [-0.39, 0.29) is 0 Å². The van der Waals surface area contributed by atoms with Crippen molar-refractivity contribution in [2.24, 2.45) is 5.92 Å². The summed E-state index contributed by atoms with van der Waals surface area (Å²) in [5.74, 6) is 0.870. The summed E-state index contributed by atoms with van der Waals surface area (Å²) in [7, 11) is 0. The van der Waals surface area contributed by atoms with Gasteiger partial charge in [0.25, 0.3) is 0 Å². The van der Waals surface area contributed by atoms with E-state index in [4.69, 9.17) is 0 Å². The minimum atomic E-state index is 0.870. The van der Waals surface area contributed by atoms with Crippen molar-refractivity contribution >= 4 is 15.9 Å². The molecule has 1 nitrogen and oxygen atoms in total. The van der Waals surface area contributed by atoms with Crippen molar-refractivity contribution < 1.29 is 0 Å². The molecule has 1 fully saturated rings. The molecule has 1 aliphatic rings. The second-order valence-corrected chi connectivity index (χ2v) is 5.67. The highest BCUT2D eigenvalue weighted by molar-refractivity contribution is 9.10. The Kier molecular flexibility index (Phi) is 4.04.